The quantitative estimate of drug-likeness (QED) is 0.510. The van der Waals surface area contributed by atoms with Gasteiger partial charge in [0.1, 0.15) is 5.56 Å². The van der Waals surface area contributed by atoms with Crippen LogP contribution in [0, 0.1) is 6.92 Å². The summed E-state index contributed by atoms with van der Waals surface area (Å²) in [6.07, 6.45) is 3.42. The first-order valence-electron chi connectivity index (χ1n) is 11.1. The number of benzene rings is 1. The highest BCUT2D eigenvalue weighted by molar-refractivity contribution is 5.93. The molecular formula is C24H27N5O4. The fraction of sp³-hybridized carbons (Fsp3) is 0.375. The van der Waals surface area contributed by atoms with Crippen LogP contribution in [0.2, 0.25) is 0 Å². The van der Waals surface area contributed by atoms with Crippen molar-refractivity contribution < 1.29 is 19.1 Å². The van der Waals surface area contributed by atoms with Gasteiger partial charge in [0.15, 0.2) is 5.82 Å². The molecule has 0 N–H and O–H groups in total. The van der Waals surface area contributed by atoms with Crippen LogP contribution in [0.4, 0.5) is 0 Å². The summed E-state index contributed by atoms with van der Waals surface area (Å²) in [5.41, 5.74) is 1.44. The molecule has 1 amide bonds. The van der Waals surface area contributed by atoms with Gasteiger partial charge in [-0.05, 0) is 39.2 Å². The van der Waals surface area contributed by atoms with Crippen molar-refractivity contribution in [3.05, 3.63) is 65.5 Å². The number of rotatable bonds is 7. The summed E-state index contributed by atoms with van der Waals surface area (Å²) < 4.78 is 12.6. The Morgan fingerprint density at radius 2 is 1.79 bits per heavy atom. The van der Waals surface area contributed by atoms with Gasteiger partial charge in [0.2, 0.25) is 12.0 Å². The van der Waals surface area contributed by atoms with Crippen LogP contribution in [0.1, 0.15) is 53.9 Å². The van der Waals surface area contributed by atoms with Crippen LogP contribution in [-0.4, -0.2) is 56.5 Å². The lowest BCUT2D eigenvalue weighted by atomic mass is 10.1. The molecule has 9 heteroatoms. The average Bonchev–Trinajstić information content (AvgIpc) is 3.25. The number of nitrogens with zero attached hydrogens (tertiary/aromatic N) is 5. The molecule has 33 heavy (non-hydrogen) atoms. The van der Waals surface area contributed by atoms with Gasteiger partial charge in [0.05, 0.1) is 18.5 Å². The third-order valence-corrected chi connectivity index (χ3v) is 5.58. The Morgan fingerprint density at radius 3 is 2.45 bits per heavy atom. The second-order valence-corrected chi connectivity index (χ2v) is 7.80. The van der Waals surface area contributed by atoms with Crippen LogP contribution in [0.5, 0.6) is 5.88 Å². The topological polar surface area (TPSA) is 99.4 Å². The molecule has 1 saturated heterocycles. The maximum absolute atomic E-state index is 13.3. The zero-order chi connectivity index (χ0) is 23.2. The van der Waals surface area contributed by atoms with E-state index in [1.165, 1.54) is 10.9 Å². The van der Waals surface area contributed by atoms with Crippen LogP contribution < -0.4 is 4.74 Å². The highest BCUT2D eigenvalue weighted by atomic mass is 16.5. The van der Waals surface area contributed by atoms with Crippen molar-refractivity contribution in [1.82, 2.24) is 24.9 Å². The fourth-order valence-corrected chi connectivity index (χ4v) is 3.83. The predicted octanol–water partition coefficient (Wildman–Crippen LogP) is 3.28. The summed E-state index contributed by atoms with van der Waals surface area (Å²) in [4.78, 5) is 28.2. The molecule has 1 aliphatic heterocycles. The van der Waals surface area contributed by atoms with Gasteiger partial charge < -0.3 is 14.4 Å². The normalized spacial score (nSPS) is 14.5. The van der Waals surface area contributed by atoms with Crippen molar-refractivity contribution in [3.63, 3.8) is 0 Å². The third kappa shape index (κ3) is 5.02. The summed E-state index contributed by atoms with van der Waals surface area (Å²) in [7, 11) is 0. The lowest BCUT2D eigenvalue weighted by Gasteiger charge is -2.30. The number of aromatic nitrogens is 4. The zero-order valence-electron chi connectivity index (χ0n) is 18.8. The summed E-state index contributed by atoms with van der Waals surface area (Å²) in [5, 5.41) is 12.4. The third-order valence-electron chi connectivity index (χ3n) is 5.58. The minimum absolute atomic E-state index is 0.198. The molecule has 0 bridgehead atoms. The molecular weight excluding hydrogens is 422 g/mol. The van der Waals surface area contributed by atoms with Gasteiger partial charge in [-0.25, -0.2) is 9.48 Å². The van der Waals surface area contributed by atoms with E-state index in [1.54, 1.807) is 36.1 Å². The highest BCUT2D eigenvalue weighted by Crippen LogP contribution is 2.25. The standard InChI is InChI=1S/C24H27N5O4/c1-3-32-21-13-12-20(26-27-21)29-17(2)19(16-25-29)24(31)33-22(18-10-6-4-7-11-18)23(30)28-14-8-5-9-15-28/h4,6-7,10-13,16,22H,3,5,8-9,14-15H2,1-2H3. The zero-order valence-corrected chi connectivity index (χ0v) is 18.8. The molecule has 1 aliphatic rings. The molecule has 0 radical (unpaired) electrons. The van der Waals surface area contributed by atoms with Crippen molar-refractivity contribution in [2.45, 2.75) is 39.2 Å². The molecule has 0 aliphatic carbocycles. The van der Waals surface area contributed by atoms with Gasteiger partial charge >= 0.3 is 5.97 Å². The van der Waals surface area contributed by atoms with Gasteiger partial charge in [0, 0.05) is 24.7 Å². The minimum atomic E-state index is -1.01. The Balaban J connectivity index is 1.56. The molecule has 4 rings (SSSR count). The first-order valence-corrected chi connectivity index (χ1v) is 11.1. The fourth-order valence-electron chi connectivity index (χ4n) is 3.83. The van der Waals surface area contributed by atoms with E-state index in [2.05, 4.69) is 15.3 Å². The maximum atomic E-state index is 13.3. The van der Waals surface area contributed by atoms with E-state index >= 15 is 0 Å². The molecule has 1 unspecified atom stereocenters. The van der Waals surface area contributed by atoms with Crippen molar-refractivity contribution in [2.75, 3.05) is 19.7 Å². The molecule has 9 nitrogen and oxygen atoms in total. The Kier molecular flexibility index (Phi) is 6.97. The second kappa shape index (κ2) is 10.2. The van der Waals surface area contributed by atoms with E-state index in [4.69, 9.17) is 9.47 Å². The van der Waals surface area contributed by atoms with E-state index in [1.807, 2.05) is 25.1 Å². The molecule has 172 valence electrons. The Labute approximate surface area is 192 Å². The summed E-state index contributed by atoms with van der Waals surface area (Å²) >= 11 is 0. The molecule has 3 aromatic rings. The highest BCUT2D eigenvalue weighted by Gasteiger charge is 2.31. The van der Waals surface area contributed by atoms with Crippen LogP contribution in [0.15, 0.2) is 48.7 Å². The Hall–Kier alpha value is -3.75. The van der Waals surface area contributed by atoms with E-state index in [0.717, 1.165) is 19.3 Å². The van der Waals surface area contributed by atoms with E-state index in [9.17, 15) is 9.59 Å². The molecule has 2 aromatic heterocycles. The lowest BCUT2D eigenvalue weighted by Crippen LogP contribution is -2.40. The first-order chi connectivity index (χ1) is 16.1. The van der Waals surface area contributed by atoms with Gasteiger partial charge in [-0.1, -0.05) is 30.3 Å². The maximum Gasteiger partial charge on any atom is 0.342 e. The monoisotopic (exact) mass is 449 g/mol. The number of likely N-dealkylation sites (tertiary alicyclic amines) is 1. The smallest absolute Gasteiger partial charge is 0.342 e. The largest absolute Gasteiger partial charge is 0.477 e. The molecule has 1 aromatic carbocycles. The van der Waals surface area contributed by atoms with Crippen molar-refractivity contribution in [3.8, 4) is 11.7 Å². The Bertz CT molecular complexity index is 1090. The van der Waals surface area contributed by atoms with Gasteiger partial charge in [-0.15, -0.1) is 10.2 Å². The summed E-state index contributed by atoms with van der Waals surface area (Å²) in [6, 6.07) is 12.5. The predicted molar refractivity (Wildman–Crippen MR) is 120 cm³/mol. The number of ether oxygens (including phenoxy) is 2. The molecule has 0 spiro atoms. The molecule has 1 atom stereocenters. The van der Waals surface area contributed by atoms with Crippen LogP contribution in [0.25, 0.3) is 5.82 Å². The molecule has 0 saturated carbocycles. The number of esters is 1. The molecule has 3 heterocycles. The second-order valence-electron chi connectivity index (χ2n) is 7.80. The molecule has 1 fully saturated rings. The van der Waals surface area contributed by atoms with Crippen LogP contribution >= 0.6 is 0 Å². The lowest BCUT2D eigenvalue weighted by molar-refractivity contribution is -0.142. The van der Waals surface area contributed by atoms with Gasteiger partial charge in [-0.3, -0.25) is 4.79 Å². The number of carbonyl (C=O) groups is 2. The number of piperidine rings is 1. The van der Waals surface area contributed by atoms with Crippen molar-refractivity contribution >= 4 is 11.9 Å². The number of amides is 1. The van der Waals surface area contributed by atoms with E-state index < -0.39 is 12.1 Å². The summed E-state index contributed by atoms with van der Waals surface area (Å²) in [5.74, 6) is 0.0418. The van der Waals surface area contributed by atoms with E-state index in [0.29, 0.717) is 42.7 Å². The van der Waals surface area contributed by atoms with Gasteiger partial charge in [0.25, 0.3) is 5.91 Å². The Morgan fingerprint density at radius 1 is 1.03 bits per heavy atom. The number of carbonyl (C=O) groups excluding carboxylic acids is 2. The minimum Gasteiger partial charge on any atom is -0.477 e. The number of hydrogen-bond acceptors (Lipinski definition) is 7. The van der Waals surface area contributed by atoms with Crippen LogP contribution in [-0.2, 0) is 9.53 Å². The van der Waals surface area contributed by atoms with Gasteiger partial charge in [-0.2, -0.15) is 5.10 Å². The van der Waals surface area contributed by atoms with Crippen molar-refractivity contribution in [2.24, 2.45) is 0 Å². The van der Waals surface area contributed by atoms with Crippen LogP contribution in [0.3, 0.4) is 0 Å². The van der Waals surface area contributed by atoms with E-state index in [-0.39, 0.29) is 11.5 Å². The number of hydrogen-bond donors (Lipinski definition) is 0. The average molecular weight is 450 g/mol. The summed E-state index contributed by atoms with van der Waals surface area (Å²) in [6.45, 7) is 5.44. The SMILES string of the molecule is CCOc1ccc(-n2ncc(C(=O)OC(C(=O)N3CCCCC3)c3ccccc3)c2C)nn1. The first kappa shape index (κ1) is 22.4. The van der Waals surface area contributed by atoms with Crippen molar-refractivity contribution in [1.29, 1.82) is 0 Å².